The Hall–Kier alpha value is -2.32. The monoisotopic (exact) mass is 360 g/mol. The molecule has 0 bridgehead atoms. The molecule has 2 atom stereocenters. The van der Waals surface area contributed by atoms with Crippen molar-refractivity contribution < 1.29 is 9.47 Å². The SMILES string of the molecule is CCCC(C)O[C@@H](Oc1ccc2ccc3cccc4ccc1c2c34)C(C)C. The molecule has 0 saturated heterocycles. The van der Waals surface area contributed by atoms with Crippen molar-refractivity contribution in [3.05, 3.63) is 54.6 Å². The average molecular weight is 360 g/mol. The predicted octanol–water partition coefficient (Wildman–Crippen LogP) is 7.15. The van der Waals surface area contributed by atoms with Gasteiger partial charge in [-0.15, -0.1) is 0 Å². The van der Waals surface area contributed by atoms with Gasteiger partial charge in [-0.3, -0.25) is 0 Å². The Morgan fingerprint density at radius 1 is 0.778 bits per heavy atom. The van der Waals surface area contributed by atoms with E-state index in [9.17, 15) is 0 Å². The van der Waals surface area contributed by atoms with Crippen LogP contribution in [0, 0.1) is 5.92 Å². The molecule has 27 heavy (non-hydrogen) atoms. The lowest BCUT2D eigenvalue weighted by Crippen LogP contribution is -2.30. The van der Waals surface area contributed by atoms with Gasteiger partial charge in [-0.05, 0) is 47.0 Å². The molecule has 0 aliphatic heterocycles. The number of rotatable bonds is 7. The second-order valence-corrected chi connectivity index (χ2v) is 7.89. The third kappa shape index (κ3) is 3.35. The molecule has 4 aromatic rings. The number of ether oxygens (including phenoxy) is 2. The topological polar surface area (TPSA) is 18.5 Å². The summed E-state index contributed by atoms with van der Waals surface area (Å²) < 4.78 is 12.7. The van der Waals surface area contributed by atoms with Crippen molar-refractivity contribution in [2.45, 2.75) is 52.9 Å². The summed E-state index contributed by atoms with van der Waals surface area (Å²) in [4.78, 5) is 0. The fourth-order valence-corrected chi connectivity index (χ4v) is 3.96. The molecule has 0 N–H and O–H groups in total. The van der Waals surface area contributed by atoms with E-state index < -0.39 is 0 Å². The second kappa shape index (κ2) is 7.36. The number of hydrogen-bond acceptors (Lipinski definition) is 2. The van der Waals surface area contributed by atoms with Crippen LogP contribution in [0.4, 0.5) is 0 Å². The van der Waals surface area contributed by atoms with Gasteiger partial charge in [0, 0.05) is 16.7 Å². The Kier molecular flexibility index (Phi) is 4.92. The van der Waals surface area contributed by atoms with Gasteiger partial charge in [-0.25, -0.2) is 0 Å². The van der Waals surface area contributed by atoms with Gasteiger partial charge in [-0.2, -0.15) is 0 Å². The smallest absolute Gasteiger partial charge is 0.202 e. The first kappa shape index (κ1) is 18.1. The fraction of sp³-hybridized carbons (Fsp3) is 0.360. The van der Waals surface area contributed by atoms with Gasteiger partial charge in [0.25, 0.3) is 0 Å². The van der Waals surface area contributed by atoms with Crippen LogP contribution in [-0.2, 0) is 4.74 Å². The van der Waals surface area contributed by atoms with E-state index in [1.54, 1.807) is 0 Å². The zero-order valence-corrected chi connectivity index (χ0v) is 16.7. The summed E-state index contributed by atoms with van der Waals surface area (Å²) in [6, 6.07) is 19.5. The Morgan fingerprint density at radius 3 is 2.07 bits per heavy atom. The van der Waals surface area contributed by atoms with Crippen LogP contribution >= 0.6 is 0 Å². The summed E-state index contributed by atoms with van der Waals surface area (Å²) in [6.45, 7) is 8.62. The van der Waals surface area contributed by atoms with E-state index in [1.165, 1.54) is 26.9 Å². The largest absolute Gasteiger partial charge is 0.464 e. The van der Waals surface area contributed by atoms with Gasteiger partial charge in [0.05, 0.1) is 6.10 Å². The summed E-state index contributed by atoms with van der Waals surface area (Å²) in [5.74, 6) is 1.19. The quantitative estimate of drug-likeness (QED) is 0.257. The van der Waals surface area contributed by atoms with E-state index in [0.717, 1.165) is 24.0 Å². The first-order valence-electron chi connectivity index (χ1n) is 10.1. The maximum atomic E-state index is 6.43. The van der Waals surface area contributed by atoms with Crippen molar-refractivity contribution in [3.8, 4) is 5.75 Å². The van der Waals surface area contributed by atoms with Crippen LogP contribution in [0.3, 0.4) is 0 Å². The first-order chi connectivity index (χ1) is 13.1. The maximum Gasteiger partial charge on any atom is 0.202 e. The van der Waals surface area contributed by atoms with Crippen LogP contribution in [0.25, 0.3) is 32.3 Å². The summed E-state index contributed by atoms with van der Waals surface area (Å²) in [7, 11) is 0. The zero-order valence-electron chi connectivity index (χ0n) is 16.7. The molecule has 1 unspecified atom stereocenters. The lowest BCUT2D eigenvalue weighted by atomic mass is 9.94. The highest BCUT2D eigenvalue weighted by Crippen LogP contribution is 2.39. The van der Waals surface area contributed by atoms with Crippen LogP contribution in [0.15, 0.2) is 54.6 Å². The summed E-state index contributed by atoms with van der Waals surface area (Å²) in [6.07, 6.45) is 2.11. The molecule has 0 amide bonds. The van der Waals surface area contributed by atoms with Crippen LogP contribution in [-0.4, -0.2) is 12.4 Å². The molecule has 0 radical (unpaired) electrons. The van der Waals surface area contributed by atoms with E-state index in [2.05, 4.69) is 82.3 Å². The summed E-state index contributed by atoms with van der Waals surface area (Å²) in [5, 5.41) is 7.57. The molecular weight excluding hydrogens is 332 g/mol. The molecular formula is C25H28O2. The molecule has 140 valence electrons. The highest BCUT2D eigenvalue weighted by Gasteiger charge is 2.21. The van der Waals surface area contributed by atoms with Gasteiger partial charge in [-0.1, -0.05) is 69.7 Å². The van der Waals surface area contributed by atoms with E-state index in [0.29, 0.717) is 0 Å². The molecule has 0 aromatic heterocycles. The maximum absolute atomic E-state index is 6.43. The van der Waals surface area contributed by atoms with E-state index in [-0.39, 0.29) is 18.3 Å². The van der Waals surface area contributed by atoms with Crippen LogP contribution < -0.4 is 4.74 Å². The minimum atomic E-state index is -0.245. The van der Waals surface area contributed by atoms with Gasteiger partial charge in [0.2, 0.25) is 6.29 Å². The van der Waals surface area contributed by atoms with E-state index in [1.807, 2.05) is 0 Å². The minimum absolute atomic E-state index is 0.196. The van der Waals surface area contributed by atoms with Crippen molar-refractivity contribution in [1.82, 2.24) is 0 Å². The van der Waals surface area contributed by atoms with Crippen molar-refractivity contribution in [3.63, 3.8) is 0 Å². The van der Waals surface area contributed by atoms with Crippen molar-refractivity contribution in [1.29, 1.82) is 0 Å². The second-order valence-electron chi connectivity index (χ2n) is 7.89. The fourth-order valence-electron chi connectivity index (χ4n) is 3.96. The predicted molar refractivity (Wildman–Crippen MR) is 115 cm³/mol. The van der Waals surface area contributed by atoms with Crippen LogP contribution in [0.1, 0.15) is 40.5 Å². The summed E-state index contributed by atoms with van der Waals surface area (Å²) >= 11 is 0. The molecule has 0 spiro atoms. The average Bonchev–Trinajstić information content (AvgIpc) is 2.66. The number of hydrogen-bond donors (Lipinski definition) is 0. The highest BCUT2D eigenvalue weighted by atomic mass is 16.7. The molecule has 2 nitrogen and oxygen atoms in total. The Balaban J connectivity index is 1.79. The molecule has 0 saturated carbocycles. The zero-order chi connectivity index (χ0) is 19.0. The van der Waals surface area contributed by atoms with Crippen LogP contribution in [0.2, 0.25) is 0 Å². The van der Waals surface area contributed by atoms with Gasteiger partial charge in [0.15, 0.2) is 0 Å². The van der Waals surface area contributed by atoms with E-state index in [4.69, 9.17) is 9.47 Å². The van der Waals surface area contributed by atoms with Gasteiger partial charge >= 0.3 is 0 Å². The number of benzene rings is 4. The molecule has 0 fully saturated rings. The lowest BCUT2D eigenvalue weighted by Gasteiger charge is -2.27. The van der Waals surface area contributed by atoms with E-state index >= 15 is 0 Å². The minimum Gasteiger partial charge on any atom is -0.464 e. The molecule has 0 aliphatic rings. The first-order valence-corrected chi connectivity index (χ1v) is 10.1. The van der Waals surface area contributed by atoms with Crippen molar-refractivity contribution in [2.75, 3.05) is 0 Å². The standard InChI is InChI=1S/C25H28O2/c1-5-7-17(4)26-25(16(2)3)27-22-15-13-20-11-10-18-8-6-9-19-12-14-21(22)24(20)23(18)19/h6,8-17,25H,5,7H2,1-4H3/t17?,25-/m0/s1. The van der Waals surface area contributed by atoms with Gasteiger partial charge < -0.3 is 9.47 Å². The molecule has 4 rings (SSSR count). The normalized spacial score (nSPS) is 14.4. The highest BCUT2D eigenvalue weighted by molar-refractivity contribution is 6.24. The lowest BCUT2D eigenvalue weighted by molar-refractivity contribution is -0.138. The molecule has 0 aliphatic carbocycles. The Bertz CT molecular complexity index is 1030. The van der Waals surface area contributed by atoms with Gasteiger partial charge in [0.1, 0.15) is 5.75 Å². The summed E-state index contributed by atoms with van der Waals surface area (Å²) in [5.41, 5.74) is 0. The molecule has 2 heteroatoms. The molecule has 4 aromatic carbocycles. The molecule has 0 heterocycles. The van der Waals surface area contributed by atoms with Crippen molar-refractivity contribution >= 4 is 32.3 Å². The Labute approximate surface area is 161 Å². The third-order valence-electron chi connectivity index (χ3n) is 5.34. The Morgan fingerprint density at radius 2 is 1.41 bits per heavy atom. The van der Waals surface area contributed by atoms with Crippen molar-refractivity contribution in [2.24, 2.45) is 5.92 Å². The van der Waals surface area contributed by atoms with Crippen LogP contribution in [0.5, 0.6) is 5.75 Å². The third-order valence-corrected chi connectivity index (χ3v) is 5.34.